The Morgan fingerprint density at radius 3 is 2.81 bits per heavy atom. The summed E-state index contributed by atoms with van der Waals surface area (Å²) >= 11 is 0. The largest absolute Gasteiger partial charge is 0.463 e. The summed E-state index contributed by atoms with van der Waals surface area (Å²) < 4.78 is 10.2. The molecule has 1 aromatic heterocycles. The lowest BCUT2D eigenvalue weighted by Crippen LogP contribution is -2.15. The smallest absolute Gasteiger partial charge is 0.342 e. The lowest BCUT2D eigenvalue weighted by Gasteiger charge is -2.07. The molecule has 4 nitrogen and oxygen atoms in total. The summed E-state index contributed by atoms with van der Waals surface area (Å²) in [5, 5.41) is 9.63. The van der Waals surface area contributed by atoms with Crippen molar-refractivity contribution in [2.45, 2.75) is 39.2 Å². The van der Waals surface area contributed by atoms with E-state index in [9.17, 15) is 9.90 Å². The van der Waals surface area contributed by atoms with Crippen molar-refractivity contribution in [3.05, 3.63) is 23.7 Å². The molecule has 1 aromatic rings. The van der Waals surface area contributed by atoms with E-state index >= 15 is 0 Å². The molecule has 0 radical (unpaired) electrons. The van der Waals surface area contributed by atoms with Gasteiger partial charge in [-0.25, -0.2) is 4.79 Å². The van der Waals surface area contributed by atoms with Crippen molar-refractivity contribution >= 4 is 5.97 Å². The van der Waals surface area contributed by atoms with Gasteiger partial charge >= 0.3 is 5.97 Å². The van der Waals surface area contributed by atoms with E-state index in [1.165, 1.54) is 0 Å². The first kappa shape index (κ1) is 12.8. The molecule has 1 rings (SSSR count). The fourth-order valence-corrected chi connectivity index (χ4v) is 1.24. The Balaban J connectivity index is 2.49. The molecule has 0 amide bonds. The van der Waals surface area contributed by atoms with Gasteiger partial charge in [0.25, 0.3) is 0 Å². The normalized spacial score (nSPS) is 12.4. The summed E-state index contributed by atoms with van der Waals surface area (Å²) in [5.74, 6) is 0.346. The van der Waals surface area contributed by atoms with Crippen LogP contribution in [-0.2, 0) is 16.0 Å². The molecular weight excluding hydrogens is 208 g/mol. The van der Waals surface area contributed by atoms with Gasteiger partial charge in [-0.05, 0) is 18.6 Å². The van der Waals surface area contributed by atoms with E-state index in [1.807, 2.05) is 13.8 Å². The minimum atomic E-state index is -1.31. The standard InChI is InChI=1S/C12H18O4/c1-3-5-8-15-12(14)11(13)10-7-6-9(4-2)16-10/h6-7,11,13H,3-5,8H2,1-2H3/t11-/m0/s1. The molecule has 90 valence electrons. The van der Waals surface area contributed by atoms with Crippen molar-refractivity contribution in [1.29, 1.82) is 0 Å². The Kier molecular flexibility index (Phi) is 5.05. The number of carbonyl (C=O) groups excluding carboxylic acids is 1. The van der Waals surface area contributed by atoms with Crippen LogP contribution in [0.5, 0.6) is 0 Å². The van der Waals surface area contributed by atoms with Gasteiger partial charge in [0.05, 0.1) is 6.61 Å². The Morgan fingerprint density at radius 2 is 2.25 bits per heavy atom. The molecule has 0 aliphatic carbocycles. The van der Waals surface area contributed by atoms with Crippen molar-refractivity contribution in [2.75, 3.05) is 6.61 Å². The maximum atomic E-state index is 11.4. The molecule has 4 heteroatoms. The number of unbranched alkanes of at least 4 members (excludes halogenated alkanes) is 1. The maximum Gasteiger partial charge on any atom is 0.342 e. The number of rotatable bonds is 6. The third kappa shape index (κ3) is 3.38. The zero-order chi connectivity index (χ0) is 12.0. The number of aryl methyl sites for hydroxylation is 1. The Morgan fingerprint density at radius 1 is 1.50 bits per heavy atom. The van der Waals surface area contributed by atoms with Crippen molar-refractivity contribution in [3.63, 3.8) is 0 Å². The third-order valence-corrected chi connectivity index (χ3v) is 2.27. The molecule has 0 unspecified atom stereocenters. The predicted molar refractivity (Wildman–Crippen MR) is 58.9 cm³/mol. The maximum absolute atomic E-state index is 11.4. The van der Waals surface area contributed by atoms with Crippen molar-refractivity contribution in [1.82, 2.24) is 0 Å². The Hall–Kier alpha value is -1.29. The van der Waals surface area contributed by atoms with Gasteiger partial charge < -0.3 is 14.3 Å². The van der Waals surface area contributed by atoms with Crippen LogP contribution in [0.15, 0.2) is 16.5 Å². The van der Waals surface area contributed by atoms with Crippen LogP contribution in [0, 0.1) is 0 Å². The van der Waals surface area contributed by atoms with Crippen LogP contribution in [0.4, 0.5) is 0 Å². The van der Waals surface area contributed by atoms with E-state index in [4.69, 9.17) is 9.15 Å². The number of carbonyl (C=O) groups is 1. The Labute approximate surface area is 95.2 Å². The van der Waals surface area contributed by atoms with Crippen LogP contribution in [0.2, 0.25) is 0 Å². The van der Waals surface area contributed by atoms with Crippen LogP contribution in [0.3, 0.4) is 0 Å². The molecule has 0 aliphatic rings. The number of ether oxygens (including phenoxy) is 1. The van der Waals surface area contributed by atoms with Gasteiger partial charge in [0.2, 0.25) is 6.10 Å². The average Bonchev–Trinajstić information content (AvgIpc) is 2.76. The number of aliphatic hydroxyl groups is 1. The SMILES string of the molecule is CCCCOC(=O)[C@@H](O)c1ccc(CC)o1. The van der Waals surface area contributed by atoms with Gasteiger partial charge in [-0.1, -0.05) is 20.3 Å². The molecular formula is C12H18O4. The molecule has 0 fully saturated rings. The van der Waals surface area contributed by atoms with Crippen LogP contribution in [0.25, 0.3) is 0 Å². The topological polar surface area (TPSA) is 59.7 Å². The highest BCUT2D eigenvalue weighted by Gasteiger charge is 2.22. The van der Waals surface area contributed by atoms with Crippen molar-refractivity contribution in [2.24, 2.45) is 0 Å². The van der Waals surface area contributed by atoms with E-state index in [0.717, 1.165) is 25.0 Å². The van der Waals surface area contributed by atoms with Crippen LogP contribution < -0.4 is 0 Å². The molecule has 1 atom stereocenters. The highest BCUT2D eigenvalue weighted by molar-refractivity contribution is 5.75. The van der Waals surface area contributed by atoms with E-state index in [2.05, 4.69) is 0 Å². The number of esters is 1. The lowest BCUT2D eigenvalue weighted by molar-refractivity contribution is -0.155. The first-order chi connectivity index (χ1) is 7.69. The third-order valence-electron chi connectivity index (χ3n) is 2.27. The molecule has 1 heterocycles. The van der Waals surface area contributed by atoms with E-state index < -0.39 is 12.1 Å². The molecule has 0 saturated heterocycles. The fourth-order valence-electron chi connectivity index (χ4n) is 1.24. The van der Waals surface area contributed by atoms with Gasteiger partial charge in [-0.3, -0.25) is 0 Å². The van der Waals surface area contributed by atoms with Gasteiger partial charge in [0, 0.05) is 6.42 Å². The molecule has 0 saturated carbocycles. The summed E-state index contributed by atoms with van der Waals surface area (Å²) in [4.78, 5) is 11.4. The Bertz CT molecular complexity index is 330. The fraction of sp³-hybridized carbons (Fsp3) is 0.583. The number of furan rings is 1. The first-order valence-corrected chi connectivity index (χ1v) is 5.62. The summed E-state index contributed by atoms with van der Waals surface area (Å²) in [7, 11) is 0. The summed E-state index contributed by atoms with van der Waals surface area (Å²) in [6, 6.07) is 3.35. The molecule has 0 aliphatic heterocycles. The minimum absolute atomic E-state index is 0.248. The number of hydrogen-bond donors (Lipinski definition) is 1. The van der Waals surface area contributed by atoms with Crippen LogP contribution in [0.1, 0.15) is 44.3 Å². The molecule has 0 bridgehead atoms. The van der Waals surface area contributed by atoms with E-state index in [1.54, 1.807) is 12.1 Å². The van der Waals surface area contributed by atoms with Crippen LogP contribution >= 0.6 is 0 Å². The van der Waals surface area contributed by atoms with E-state index in [0.29, 0.717) is 6.61 Å². The molecule has 0 aromatic carbocycles. The highest BCUT2D eigenvalue weighted by atomic mass is 16.5. The first-order valence-electron chi connectivity index (χ1n) is 5.62. The molecule has 1 N–H and O–H groups in total. The molecule has 16 heavy (non-hydrogen) atoms. The zero-order valence-corrected chi connectivity index (χ0v) is 9.73. The second kappa shape index (κ2) is 6.33. The quantitative estimate of drug-likeness (QED) is 0.597. The highest BCUT2D eigenvalue weighted by Crippen LogP contribution is 2.18. The van der Waals surface area contributed by atoms with Gasteiger partial charge in [0.15, 0.2) is 0 Å². The zero-order valence-electron chi connectivity index (χ0n) is 9.73. The minimum Gasteiger partial charge on any atom is -0.463 e. The number of aliphatic hydroxyl groups excluding tert-OH is 1. The molecule has 0 spiro atoms. The van der Waals surface area contributed by atoms with Crippen molar-refractivity contribution in [3.8, 4) is 0 Å². The van der Waals surface area contributed by atoms with E-state index in [-0.39, 0.29) is 5.76 Å². The summed E-state index contributed by atoms with van der Waals surface area (Å²) in [5.41, 5.74) is 0. The van der Waals surface area contributed by atoms with Gasteiger partial charge in [-0.2, -0.15) is 0 Å². The predicted octanol–water partition coefficient (Wildman–Crippen LogP) is 2.22. The summed E-state index contributed by atoms with van der Waals surface area (Å²) in [6.07, 6.45) is 1.18. The van der Waals surface area contributed by atoms with Crippen molar-refractivity contribution < 1.29 is 19.1 Å². The summed E-state index contributed by atoms with van der Waals surface area (Å²) in [6.45, 7) is 4.28. The monoisotopic (exact) mass is 226 g/mol. The van der Waals surface area contributed by atoms with Crippen LogP contribution in [-0.4, -0.2) is 17.7 Å². The lowest BCUT2D eigenvalue weighted by atomic mass is 10.3. The second-order valence-corrected chi connectivity index (χ2v) is 3.58. The second-order valence-electron chi connectivity index (χ2n) is 3.58. The number of hydrogen-bond acceptors (Lipinski definition) is 4. The van der Waals surface area contributed by atoms with Gasteiger partial charge in [0.1, 0.15) is 11.5 Å². The average molecular weight is 226 g/mol. The van der Waals surface area contributed by atoms with Gasteiger partial charge in [-0.15, -0.1) is 0 Å².